The van der Waals surface area contributed by atoms with Gasteiger partial charge in [-0.2, -0.15) is 0 Å². The SMILES string of the molecule is Cc1ccc2[c]c(=O)oc(O)c2c1. The first kappa shape index (κ1) is 7.86. The maximum atomic E-state index is 10.8. The average Bonchev–Trinajstić information content (AvgIpc) is 2.06. The van der Waals surface area contributed by atoms with E-state index in [0.29, 0.717) is 10.8 Å². The van der Waals surface area contributed by atoms with Crippen molar-refractivity contribution in [3.63, 3.8) is 0 Å². The Hall–Kier alpha value is -1.77. The molecular weight excluding hydrogens is 168 g/mol. The number of rotatable bonds is 0. The van der Waals surface area contributed by atoms with E-state index in [0.717, 1.165) is 5.56 Å². The van der Waals surface area contributed by atoms with E-state index in [2.05, 4.69) is 10.5 Å². The van der Waals surface area contributed by atoms with Crippen LogP contribution in [0.2, 0.25) is 0 Å². The van der Waals surface area contributed by atoms with Crippen LogP contribution in [-0.2, 0) is 0 Å². The van der Waals surface area contributed by atoms with Gasteiger partial charge >= 0.3 is 5.63 Å². The van der Waals surface area contributed by atoms with Crippen LogP contribution in [-0.4, -0.2) is 5.11 Å². The molecule has 0 aliphatic heterocycles. The molecule has 0 saturated carbocycles. The Morgan fingerprint density at radius 2 is 2.23 bits per heavy atom. The normalized spacial score (nSPS) is 10.5. The number of fused-ring (bicyclic) bond motifs is 1. The Bertz CT molecular complexity index is 511. The summed E-state index contributed by atoms with van der Waals surface area (Å²) in [6.45, 7) is 1.89. The molecule has 65 valence electrons. The van der Waals surface area contributed by atoms with E-state index < -0.39 is 5.63 Å². The highest BCUT2D eigenvalue weighted by Crippen LogP contribution is 2.22. The van der Waals surface area contributed by atoms with Crippen molar-refractivity contribution in [3.05, 3.63) is 40.2 Å². The van der Waals surface area contributed by atoms with Crippen LogP contribution in [0.1, 0.15) is 5.56 Å². The highest BCUT2D eigenvalue weighted by atomic mass is 16.5. The topological polar surface area (TPSA) is 50.4 Å². The van der Waals surface area contributed by atoms with Crippen molar-refractivity contribution in [1.82, 2.24) is 0 Å². The van der Waals surface area contributed by atoms with Gasteiger partial charge in [0.25, 0.3) is 5.95 Å². The molecule has 0 unspecified atom stereocenters. The zero-order valence-electron chi connectivity index (χ0n) is 7.00. The lowest BCUT2D eigenvalue weighted by molar-refractivity contribution is 0.317. The molecule has 13 heavy (non-hydrogen) atoms. The van der Waals surface area contributed by atoms with Gasteiger partial charge in [-0.15, -0.1) is 0 Å². The summed E-state index contributed by atoms with van der Waals surface area (Å²) < 4.78 is 4.49. The second-order valence-electron chi connectivity index (χ2n) is 2.87. The molecule has 0 spiro atoms. The van der Waals surface area contributed by atoms with Crippen LogP contribution in [0.5, 0.6) is 5.95 Å². The van der Waals surface area contributed by atoms with Gasteiger partial charge in [-0.1, -0.05) is 17.7 Å². The zero-order valence-corrected chi connectivity index (χ0v) is 7.00. The molecule has 2 aromatic rings. The molecular formula is C10H7O3. The van der Waals surface area contributed by atoms with Gasteiger partial charge in [-0.3, -0.25) is 0 Å². The lowest BCUT2D eigenvalue weighted by Crippen LogP contribution is -1.96. The van der Waals surface area contributed by atoms with E-state index in [1.54, 1.807) is 12.1 Å². The van der Waals surface area contributed by atoms with Gasteiger partial charge in [0.2, 0.25) is 0 Å². The number of aromatic hydroxyl groups is 1. The van der Waals surface area contributed by atoms with Gasteiger partial charge in [0.05, 0.1) is 11.5 Å². The van der Waals surface area contributed by atoms with E-state index in [9.17, 15) is 9.90 Å². The number of hydrogen-bond acceptors (Lipinski definition) is 3. The maximum absolute atomic E-state index is 10.8. The number of aryl methyl sites for hydroxylation is 1. The van der Waals surface area contributed by atoms with Crippen molar-refractivity contribution in [2.75, 3.05) is 0 Å². The maximum Gasteiger partial charge on any atom is 0.347 e. The molecule has 1 aromatic carbocycles. The largest absolute Gasteiger partial charge is 0.480 e. The second-order valence-corrected chi connectivity index (χ2v) is 2.87. The average molecular weight is 175 g/mol. The van der Waals surface area contributed by atoms with Crippen LogP contribution in [0.4, 0.5) is 0 Å². The Kier molecular flexibility index (Phi) is 1.59. The summed E-state index contributed by atoms with van der Waals surface area (Å²) in [6, 6.07) is 7.78. The van der Waals surface area contributed by atoms with E-state index >= 15 is 0 Å². The van der Waals surface area contributed by atoms with Crippen LogP contribution < -0.4 is 5.63 Å². The molecule has 1 N–H and O–H groups in total. The van der Waals surface area contributed by atoms with Gasteiger partial charge in [0, 0.05) is 5.39 Å². The standard InChI is InChI=1S/C10H7O3/c1-6-2-3-7-5-9(11)13-10(12)8(7)4-6/h2-4,12H,1H3. The molecule has 1 radical (unpaired) electrons. The summed E-state index contributed by atoms with van der Waals surface area (Å²) >= 11 is 0. The zero-order chi connectivity index (χ0) is 9.42. The van der Waals surface area contributed by atoms with Crippen molar-refractivity contribution in [2.24, 2.45) is 0 Å². The van der Waals surface area contributed by atoms with E-state index in [1.807, 2.05) is 13.0 Å². The molecule has 0 aliphatic carbocycles. The summed E-state index contributed by atoms with van der Waals surface area (Å²) in [6.07, 6.45) is 0. The first-order valence-electron chi connectivity index (χ1n) is 3.82. The number of hydrogen-bond donors (Lipinski definition) is 1. The molecule has 0 atom stereocenters. The molecule has 0 amide bonds. The third-order valence-electron chi connectivity index (χ3n) is 1.83. The second kappa shape index (κ2) is 2.62. The fraction of sp³-hybridized carbons (Fsp3) is 0.100. The minimum absolute atomic E-state index is 0.345. The van der Waals surface area contributed by atoms with Gasteiger partial charge in [0.15, 0.2) is 0 Å². The first-order valence-corrected chi connectivity index (χ1v) is 3.82. The molecule has 0 saturated heterocycles. The highest BCUT2D eigenvalue weighted by Gasteiger charge is 2.03. The Morgan fingerprint density at radius 1 is 1.46 bits per heavy atom. The molecule has 2 rings (SSSR count). The first-order chi connectivity index (χ1) is 6.16. The molecule has 3 nitrogen and oxygen atoms in total. The van der Waals surface area contributed by atoms with Crippen LogP contribution in [0.25, 0.3) is 10.8 Å². The van der Waals surface area contributed by atoms with E-state index in [-0.39, 0.29) is 5.95 Å². The van der Waals surface area contributed by atoms with E-state index in [1.165, 1.54) is 0 Å². The molecule has 0 bridgehead atoms. The van der Waals surface area contributed by atoms with Crippen molar-refractivity contribution < 1.29 is 9.52 Å². The predicted octanol–water partition coefficient (Wildman–Crippen LogP) is 1.61. The highest BCUT2D eigenvalue weighted by molar-refractivity contribution is 5.85. The third-order valence-corrected chi connectivity index (χ3v) is 1.83. The van der Waals surface area contributed by atoms with Crippen LogP contribution >= 0.6 is 0 Å². The summed E-state index contributed by atoms with van der Waals surface area (Å²) in [4.78, 5) is 10.8. The molecule has 0 fully saturated rings. The monoisotopic (exact) mass is 175 g/mol. The van der Waals surface area contributed by atoms with Gasteiger partial charge in [-0.25, -0.2) is 4.79 Å². The molecule has 1 aromatic heterocycles. The van der Waals surface area contributed by atoms with Crippen LogP contribution in [0.15, 0.2) is 27.4 Å². The molecule has 0 aliphatic rings. The number of benzene rings is 1. The summed E-state index contributed by atoms with van der Waals surface area (Å²) in [5, 5.41) is 10.4. The molecule has 1 heterocycles. The van der Waals surface area contributed by atoms with Gasteiger partial charge in [-0.05, 0) is 13.0 Å². The predicted molar refractivity (Wildman–Crippen MR) is 47.7 cm³/mol. The fourth-order valence-corrected chi connectivity index (χ4v) is 1.22. The smallest absolute Gasteiger partial charge is 0.347 e. The minimum atomic E-state index is -0.658. The van der Waals surface area contributed by atoms with Crippen molar-refractivity contribution >= 4 is 10.8 Å². The summed E-state index contributed by atoms with van der Waals surface area (Å²) in [7, 11) is 0. The van der Waals surface area contributed by atoms with E-state index in [4.69, 9.17) is 0 Å². The Labute approximate surface area is 74.2 Å². The van der Waals surface area contributed by atoms with Gasteiger partial charge in [0.1, 0.15) is 0 Å². The Morgan fingerprint density at radius 3 is 3.00 bits per heavy atom. The van der Waals surface area contributed by atoms with Crippen LogP contribution in [0.3, 0.4) is 0 Å². The quantitative estimate of drug-likeness (QED) is 0.661. The minimum Gasteiger partial charge on any atom is -0.480 e. The fourth-order valence-electron chi connectivity index (χ4n) is 1.22. The Balaban J connectivity index is 2.95. The summed E-state index contributed by atoms with van der Waals surface area (Å²) in [5.74, 6) is -0.345. The lowest BCUT2D eigenvalue weighted by Gasteiger charge is -1.98. The molecule has 3 heteroatoms. The van der Waals surface area contributed by atoms with Crippen LogP contribution in [0, 0.1) is 13.0 Å². The van der Waals surface area contributed by atoms with Gasteiger partial charge < -0.3 is 9.52 Å². The van der Waals surface area contributed by atoms with Crippen molar-refractivity contribution in [3.8, 4) is 5.95 Å². The third kappa shape index (κ3) is 1.28. The summed E-state index contributed by atoms with van der Waals surface area (Å²) in [5.41, 5.74) is 0.332. The van der Waals surface area contributed by atoms with Crippen molar-refractivity contribution in [2.45, 2.75) is 6.92 Å². The lowest BCUT2D eigenvalue weighted by atomic mass is 10.1. The van der Waals surface area contributed by atoms with Crippen molar-refractivity contribution in [1.29, 1.82) is 0 Å².